The Morgan fingerprint density at radius 2 is 1.67 bits per heavy atom. The number of hydrogen-bond donors (Lipinski definition) is 2. The number of ketones is 1. The zero-order valence-electron chi connectivity index (χ0n) is 33.0. The van der Waals surface area contributed by atoms with Gasteiger partial charge in [-0.15, -0.1) is 11.8 Å². The molecule has 5 aliphatic rings. The highest BCUT2D eigenvalue weighted by Crippen LogP contribution is 2.46. The first-order chi connectivity index (χ1) is 27.5. The van der Waals surface area contributed by atoms with Crippen LogP contribution in [0.1, 0.15) is 102 Å². The zero-order chi connectivity index (χ0) is 39.6. The van der Waals surface area contributed by atoms with E-state index in [4.69, 9.17) is 0 Å². The SMILES string of the molecule is CCc1cc2c(cc1N1CCC(N3CCN(C(=O)CCSc4cccc5c4CN(C4CCC(=O)NC4=O)C5=O)CC3)CC1)C(C)(C)c1[nH]c3ccccc3c1C2=O. The molecule has 1 atom stereocenters. The van der Waals surface area contributed by atoms with Crippen molar-refractivity contribution in [3.63, 3.8) is 0 Å². The minimum atomic E-state index is -0.645. The third kappa shape index (κ3) is 6.54. The number of thioether (sulfide) groups is 1. The van der Waals surface area contributed by atoms with Crippen LogP contribution in [0.4, 0.5) is 5.69 Å². The van der Waals surface area contributed by atoms with Crippen molar-refractivity contribution in [2.75, 3.05) is 49.9 Å². The van der Waals surface area contributed by atoms with E-state index in [1.807, 2.05) is 35.2 Å². The smallest absolute Gasteiger partial charge is 0.255 e. The Balaban J connectivity index is 0.780. The number of aromatic nitrogens is 1. The second kappa shape index (κ2) is 14.8. The monoisotopic (exact) mass is 786 g/mol. The Kier molecular flexibility index (Phi) is 9.75. The fourth-order valence-electron chi connectivity index (χ4n) is 9.94. The van der Waals surface area contributed by atoms with Gasteiger partial charge in [0, 0.05) is 114 Å². The first-order valence-corrected chi connectivity index (χ1v) is 21.5. The first kappa shape index (κ1) is 37.6. The lowest BCUT2D eigenvalue weighted by Gasteiger charge is -2.44. The summed E-state index contributed by atoms with van der Waals surface area (Å²) in [5.41, 5.74) is 8.38. The number of imide groups is 1. The van der Waals surface area contributed by atoms with Gasteiger partial charge in [-0.1, -0.05) is 45.0 Å². The van der Waals surface area contributed by atoms with Crippen molar-refractivity contribution in [1.29, 1.82) is 0 Å². The number of carbonyl (C=O) groups excluding carboxylic acids is 5. The van der Waals surface area contributed by atoms with Gasteiger partial charge in [0.25, 0.3) is 5.91 Å². The Morgan fingerprint density at radius 1 is 0.895 bits per heavy atom. The minimum absolute atomic E-state index is 0.116. The summed E-state index contributed by atoms with van der Waals surface area (Å²) in [4.78, 5) is 78.0. The molecule has 5 heterocycles. The van der Waals surface area contributed by atoms with Crippen LogP contribution in [0.2, 0.25) is 0 Å². The van der Waals surface area contributed by atoms with E-state index in [1.54, 1.807) is 22.7 Å². The van der Waals surface area contributed by atoms with Crippen LogP contribution in [0.15, 0.2) is 59.5 Å². The maximum Gasteiger partial charge on any atom is 0.255 e. The summed E-state index contributed by atoms with van der Waals surface area (Å²) in [5, 5.41) is 3.36. The number of anilines is 1. The molecule has 3 fully saturated rings. The van der Waals surface area contributed by atoms with Crippen molar-refractivity contribution in [2.24, 2.45) is 0 Å². The molecule has 2 N–H and O–H groups in total. The van der Waals surface area contributed by atoms with Gasteiger partial charge in [0.1, 0.15) is 6.04 Å². The maximum absolute atomic E-state index is 14.0. The fraction of sp³-hybridized carbons (Fsp3) is 0.444. The third-order valence-corrected chi connectivity index (χ3v) is 14.3. The number of hydrogen-bond acceptors (Lipinski definition) is 8. The maximum atomic E-state index is 14.0. The molecule has 296 valence electrons. The van der Waals surface area contributed by atoms with Crippen LogP contribution in [0.3, 0.4) is 0 Å². The summed E-state index contributed by atoms with van der Waals surface area (Å²) < 4.78 is 0. The Labute approximate surface area is 337 Å². The summed E-state index contributed by atoms with van der Waals surface area (Å²) >= 11 is 1.58. The van der Waals surface area contributed by atoms with Gasteiger partial charge in [0.15, 0.2) is 5.78 Å². The van der Waals surface area contributed by atoms with Crippen molar-refractivity contribution in [3.8, 4) is 0 Å². The molecule has 12 heteroatoms. The highest BCUT2D eigenvalue weighted by molar-refractivity contribution is 7.99. The molecule has 1 aliphatic carbocycles. The highest BCUT2D eigenvalue weighted by Gasteiger charge is 2.42. The number of rotatable bonds is 8. The van der Waals surface area contributed by atoms with E-state index >= 15 is 0 Å². The third-order valence-electron chi connectivity index (χ3n) is 13.2. The summed E-state index contributed by atoms with van der Waals surface area (Å²) in [7, 11) is 0. The highest BCUT2D eigenvalue weighted by atomic mass is 32.2. The van der Waals surface area contributed by atoms with Gasteiger partial charge in [0.05, 0.1) is 5.56 Å². The molecule has 3 aromatic carbocycles. The number of piperazine rings is 1. The van der Waals surface area contributed by atoms with E-state index < -0.39 is 11.9 Å². The van der Waals surface area contributed by atoms with Crippen LogP contribution in [-0.2, 0) is 32.8 Å². The molecule has 1 unspecified atom stereocenters. The number of aryl methyl sites for hydroxylation is 1. The molecular formula is C45H50N6O5S. The number of H-pyrrole nitrogens is 1. The number of benzene rings is 3. The molecule has 4 aromatic rings. The summed E-state index contributed by atoms with van der Waals surface area (Å²) in [6, 6.07) is 18.1. The molecule has 9 rings (SSSR count). The van der Waals surface area contributed by atoms with Crippen LogP contribution < -0.4 is 10.2 Å². The largest absolute Gasteiger partial charge is 0.371 e. The van der Waals surface area contributed by atoms with Crippen LogP contribution in [-0.4, -0.2) is 106 Å². The topological polar surface area (TPSA) is 126 Å². The van der Waals surface area contributed by atoms with Gasteiger partial charge < -0.3 is 19.7 Å². The summed E-state index contributed by atoms with van der Waals surface area (Å²) in [6.07, 6.45) is 3.96. The molecular weight excluding hydrogens is 737 g/mol. The molecule has 3 saturated heterocycles. The van der Waals surface area contributed by atoms with Gasteiger partial charge in [-0.2, -0.15) is 0 Å². The molecule has 57 heavy (non-hydrogen) atoms. The molecule has 0 saturated carbocycles. The number of piperidine rings is 2. The lowest BCUT2D eigenvalue weighted by Crippen LogP contribution is -2.54. The van der Waals surface area contributed by atoms with Crippen molar-refractivity contribution in [2.45, 2.75) is 88.2 Å². The van der Waals surface area contributed by atoms with E-state index in [0.29, 0.717) is 36.7 Å². The van der Waals surface area contributed by atoms with Crippen LogP contribution in [0.5, 0.6) is 0 Å². The van der Waals surface area contributed by atoms with Gasteiger partial charge in [-0.25, -0.2) is 0 Å². The predicted molar refractivity (Wildman–Crippen MR) is 221 cm³/mol. The fourth-order valence-corrected chi connectivity index (χ4v) is 11.0. The van der Waals surface area contributed by atoms with E-state index in [1.165, 1.54) is 11.3 Å². The number of carbonyl (C=O) groups is 5. The number of fused-ring (bicyclic) bond motifs is 5. The van der Waals surface area contributed by atoms with E-state index in [0.717, 1.165) is 102 Å². The van der Waals surface area contributed by atoms with Crippen molar-refractivity contribution in [3.05, 3.63) is 93.7 Å². The van der Waals surface area contributed by atoms with Gasteiger partial charge in [-0.3, -0.25) is 34.2 Å². The number of nitrogens with one attached hydrogen (secondary N) is 2. The van der Waals surface area contributed by atoms with Crippen LogP contribution >= 0.6 is 11.8 Å². The summed E-state index contributed by atoms with van der Waals surface area (Å²) in [5.74, 6) is -0.0131. The number of para-hydroxylation sites is 1. The lowest BCUT2D eigenvalue weighted by molar-refractivity contribution is -0.137. The average Bonchev–Trinajstić information content (AvgIpc) is 3.79. The molecule has 4 aliphatic heterocycles. The van der Waals surface area contributed by atoms with Gasteiger partial charge in [0.2, 0.25) is 17.7 Å². The molecule has 0 radical (unpaired) electrons. The van der Waals surface area contributed by atoms with Crippen LogP contribution in [0, 0.1) is 0 Å². The molecule has 0 spiro atoms. The zero-order valence-corrected chi connectivity index (χ0v) is 33.8. The second-order valence-electron chi connectivity index (χ2n) is 16.7. The molecule has 0 bridgehead atoms. The summed E-state index contributed by atoms with van der Waals surface area (Å²) in [6.45, 7) is 12.1. The number of aromatic amines is 1. The number of amides is 4. The predicted octanol–water partition coefficient (Wildman–Crippen LogP) is 5.66. The first-order valence-electron chi connectivity index (χ1n) is 20.5. The van der Waals surface area contributed by atoms with Crippen molar-refractivity contribution in [1.82, 2.24) is 25.0 Å². The second-order valence-corrected chi connectivity index (χ2v) is 17.8. The van der Waals surface area contributed by atoms with Gasteiger partial charge >= 0.3 is 0 Å². The van der Waals surface area contributed by atoms with Crippen LogP contribution in [0.25, 0.3) is 10.9 Å². The Bertz CT molecular complexity index is 2320. The standard InChI is InChI=1S/C45H50N6O5S/c1-4-27-24-31-33(45(2,3)42-40(41(31)54)30-8-5-6-10-34(30)46-42)25-36(27)49-17-14-28(15-18-49)48-19-21-50(22-20-48)39(53)16-23-57-37-11-7-9-29-32(37)26-51(44(29)56)35-12-13-38(52)47-43(35)55/h5-11,24-25,28,35,46H,4,12-23,26H2,1-3H3,(H,47,52,55). The van der Waals surface area contributed by atoms with E-state index in [-0.39, 0.29) is 35.3 Å². The van der Waals surface area contributed by atoms with E-state index in [9.17, 15) is 24.0 Å². The van der Waals surface area contributed by atoms with E-state index in [2.05, 4.69) is 59.1 Å². The van der Waals surface area contributed by atoms with Gasteiger partial charge in [-0.05, 0) is 72.7 Å². The minimum Gasteiger partial charge on any atom is -0.371 e. The van der Waals surface area contributed by atoms with Crippen molar-refractivity contribution < 1.29 is 24.0 Å². The molecule has 4 amide bonds. The molecule has 1 aromatic heterocycles. The normalized spacial score (nSPS) is 21.2. The average molecular weight is 787 g/mol. The number of nitrogens with zero attached hydrogens (tertiary/aromatic N) is 4. The Hall–Kier alpha value is -4.94. The van der Waals surface area contributed by atoms with Crippen molar-refractivity contribution >= 4 is 57.8 Å². The molecule has 11 nitrogen and oxygen atoms in total. The lowest BCUT2D eigenvalue weighted by atomic mass is 9.70. The quantitative estimate of drug-likeness (QED) is 0.173. The Morgan fingerprint density at radius 3 is 2.42 bits per heavy atom.